The molecule has 1 aromatic rings. The van der Waals surface area contributed by atoms with Crippen LogP contribution in [-0.2, 0) is 4.74 Å². The van der Waals surface area contributed by atoms with Gasteiger partial charge in [-0.25, -0.2) is 13.6 Å². The first kappa shape index (κ1) is 20.1. The summed E-state index contributed by atoms with van der Waals surface area (Å²) in [6.45, 7) is 8.87. The predicted molar refractivity (Wildman–Crippen MR) is 92.9 cm³/mol. The molecule has 26 heavy (non-hydrogen) atoms. The van der Waals surface area contributed by atoms with E-state index in [2.05, 4.69) is 10.2 Å². The third-order valence-corrected chi connectivity index (χ3v) is 3.86. The Labute approximate surface area is 152 Å². The van der Waals surface area contributed by atoms with E-state index < -0.39 is 23.1 Å². The van der Waals surface area contributed by atoms with Crippen molar-refractivity contribution in [1.82, 2.24) is 15.1 Å². The van der Waals surface area contributed by atoms with Crippen molar-refractivity contribution in [1.29, 1.82) is 0 Å². The molecule has 0 spiro atoms. The minimum atomic E-state index is -0.784. The molecule has 0 aliphatic carbocycles. The smallest absolute Gasteiger partial charge is 0.410 e. The molecule has 0 radical (unpaired) electrons. The predicted octanol–water partition coefficient (Wildman–Crippen LogP) is 2.25. The number of carbonyl (C=O) groups is 2. The molecule has 0 atom stereocenters. The molecule has 1 aliphatic heterocycles. The average Bonchev–Trinajstić information content (AvgIpc) is 2.52. The third kappa shape index (κ3) is 6.25. The first-order chi connectivity index (χ1) is 12.1. The van der Waals surface area contributed by atoms with Crippen LogP contribution in [0.5, 0.6) is 0 Å². The summed E-state index contributed by atoms with van der Waals surface area (Å²) in [5, 5.41) is 2.65. The van der Waals surface area contributed by atoms with Gasteiger partial charge in [0, 0.05) is 50.9 Å². The van der Waals surface area contributed by atoms with E-state index in [4.69, 9.17) is 4.74 Å². The Balaban J connectivity index is 1.72. The van der Waals surface area contributed by atoms with E-state index in [1.54, 1.807) is 4.90 Å². The van der Waals surface area contributed by atoms with Crippen molar-refractivity contribution in [3.8, 4) is 0 Å². The van der Waals surface area contributed by atoms with E-state index in [0.29, 0.717) is 39.3 Å². The summed E-state index contributed by atoms with van der Waals surface area (Å²) in [4.78, 5) is 27.7. The number of amides is 2. The number of nitrogens with one attached hydrogen (secondary N) is 1. The number of halogens is 2. The highest BCUT2D eigenvalue weighted by molar-refractivity contribution is 5.94. The lowest BCUT2D eigenvalue weighted by Crippen LogP contribution is -2.51. The molecule has 0 bridgehead atoms. The van der Waals surface area contributed by atoms with E-state index in [1.165, 1.54) is 0 Å². The number of hydrogen-bond donors (Lipinski definition) is 1. The lowest BCUT2D eigenvalue weighted by atomic mass is 10.2. The van der Waals surface area contributed by atoms with E-state index in [1.807, 2.05) is 20.8 Å². The highest BCUT2D eigenvalue weighted by Crippen LogP contribution is 2.12. The van der Waals surface area contributed by atoms with Gasteiger partial charge in [0.25, 0.3) is 5.91 Å². The molecule has 2 rings (SSSR count). The Morgan fingerprint density at radius 3 is 2.19 bits per heavy atom. The highest BCUT2D eigenvalue weighted by atomic mass is 19.1. The molecule has 1 heterocycles. The Hall–Kier alpha value is -2.22. The molecule has 0 aromatic heterocycles. The van der Waals surface area contributed by atoms with Gasteiger partial charge in [0.15, 0.2) is 0 Å². The summed E-state index contributed by atoms with van der Waals surface area (Å²) in [7, 11) is 0. The van der Waals surface area contributed by atoms with E-state index in [-0.39, 0.29) is 11.7 Å². The first-order valence-corrected chi connectivity index (χ1v) is 8.58. The Morgan fingerprint density at radius 2 is 1.65 bits per heavy atom. The van der Waals surface area contributed by atoms with E-state index in [0.717, 1.165) is 18.2 Å². The van der Waals surface area contributed by atoms with Crippen LogP contribution in [0.1, 0.15) is 31.1 Å². The second kappa shape index (κ2) is 8.44. The highest BCUT2D eigenvalue weighted by Gasteiger charge is 2.25. The fourth-order valence-electron chi connectivity index (χ4n) is 2.60. The summed E-state index contributed by atoms with van der Waals surface area (Å²) < 4.78 is 31.6. The first-order valence-electron chi connectivity index (χ1n) is 8.58. The van der Waals surface area contributed by atoms with Crippen LogP contribution in [0.15, 0.2) is 18.2 Å². The van der Waals surface area contributed by atoms with E-state index in [9.17, 15) is 18.4 Å². The SMILES string of the molecule is CC(C)(C)OC(=O)N1CCN(CCNC(=O)c2cc(F)cc(F)c2)CC1. The van der Waals surface area contributed by atoms with Gasteiger partial charge in [-0.15, -0.1) is 0 Å². The molecular weight excluding hydrogens is 344 g/mol. The molecule has 1 saturated heterocycles. The summed E-state index contributed by atoms with van der Waals surface area (Å²) in [5.41, 5.74) is -0.563. The maximum atomic E-state index is 13.1. The van der Waals surface area contributed by atoms with Crippen molar-refractivity contribution in [2.24, 2.45) is 0 Å². The molecule has 1 fully saturated rings. The molecule has 6 nitrogen and oxygen atoms in total. The average molecular weight is 369 g/mol. The number of ether oxygens (including phenoxy) is 1. The van der Waals surface area contributed by atoms with Gasteiger partial charge in [-0.05, 0) is 32.9 Å². The Bertz CT molecular complexity index is 633. The maximum absolute atomic E-state index is 13.1. The minimum absolute atomic E-state index is 0.0442. The molecular formula is C18H25F2N3O3. The number of hydrogen-bond acceptors (Lipinski definition) is 4. The number of piperazine rings is 1. The largest absolute Gasteiger partial charge is 0.444 e. The van der Waals surface area contributed by atoms with Gasteiger partial charge in [-0.1, -0.05) is 0 Å². The second-order valence-corrected chi connectivity index (χ2v) is 7.22. The standard InChI is InChI=1S/C18H25F2N3O3/c1-18(2,3)26-17(25)23-8-6-22(7-9-23)5-4-21-16(24)13-10-14(19)12-15(20)11-13/h10-12H,4-9H2,1-3H3,(H,21,24). The number of nitrogens with zero attached hydrogens (tertiary/aromatic N) is 2. The van der Waals surface area contributed by atoms with Gasteiger partial charge in [0.1, 0.15) is 17.2 Å². The Kier molecular flexibility index (Phi) is 6.52. The van der Waals surface area contributed by atoms with Crippen LogP contribution in [0.2, 0.25) is 0 Å². The van der Waals surface area contributed by atoms with Gasteiger partial charge in [0.05, 0.1) is 0 Å². The van der Waals surface area contributed by atoms with Crippen LogP contribution >= 0.6 is 0 Å². The zero-order valence-electron chi connectivity index (χ0n) is 15.3. The van der Waals surface area contributed by atoms with Crippen LogP contribution in [0.4, 0.5) is 13.6 Å². The van der Waals surface area contributed by atoms with Crippen molar-refractivity contribution >= 4 is 12.0 Å². The fraction of sp³-hybridized carbons (Fsp3) is 0.556. The van der Waals surface area contributed by atoms with Gasteiger partial charge < -0.3 is 15.0 Å². The van der Waals surface area contributed by atoms with Gasteiger partial charge in [-0.2, -0.15) is 0 Å². The second-order valence-electron chi connectivity index (χ2n) is 7.22. The molecule has 144 valence electrons. The number of benzene rings is 1. The zero-order chi connectivity index (χ0) is 19.3. The van der Waals surface area contributed by atoms with Crippen LogP contribution in [0, 0.1) is 11.6 Å². The van der Waals surface area contributed by atoms with Crippen molar-refractivity contribution in [3.63, 3.8) is 0 Å². The van der Waals surface area contributed by atoms with Crippen molar-refractivity contribution in [2.45, 2.75) is 26.4 Å². The lowest BCUT2D eigenvalue weighted by molar-refractivity contribution is 0.0147. The van der Waals surface area contributed by atoms with Crippen molar-refractivity contribution in [3.05, 3.63) is 35.4 Å². The van der Waals surface area contributed by atoms with Gasteiger partial charge >= 0.3 is 6.09 Å². The van der Waals surface area contributed by atoms with E-state index >= 15 is 0 Å². The summed E-state index contributed by atoms with van der Waals surface area (Å²) >= 11 is 0. The number of rotatable bonds is 4. The van der Waals surface area contributed by atoms with Crippen LogP contribution < -0.4 is 5.32 Å². The number of carbonyl (C=O) groups excluding carboxylic acids is 2. The summed E-state index contributed by atoms with van der Waals surface area (Å²) in [6.07, 6.45) is -0.321. The van der Waals surface area contributed by atoms with Crippen molar-refractivity contribution in [2.75, 3.05) is 39.3 Å². The zero-order valence-corrected chi connectivity index (χ0v) is 15.3. The maximum Gasteiger partial charge on any atom is 0.410 e. The fourth-order valence-corrected chi connectivity index (χ4v) is 2.60. The Morgan fingerprint density at radius 1 is 1.08 bits per heavy atom. The monoisotopic (exact) mass is 369 g/mol. The van der Waals surface area contributed by atoms with Crippen LogP contribution in [0.3, 0.4) is 0 Å². The molecule has 0 saturated carbocycles. The normalized spacial score (nSPS) is 15.7. The topological polar surface area (TPSA) is 61.9 Å². The quantitative estimate of drug-likeness (QED) is 0.884. The molecule has 0 unspecified atom stereocenters. The van der Waals surface area contributed by atoms with Crippen LogP contribution in [-0.4, -0.2) is 66.7 Å². The third-order valence-electron chi connectivity index (χ3n) is 3.86. The van der Waals surface area contributed by atoms with Crippen molar-refractivity contribution < 1.29 is 23.1 Å². The van der Waals surface area contributed by atoms with Gasteiger partial charge in [0.2, 0.25) is 0 Å². The molecule has 1 N–H and O–H groups in total. The van der Waals surface area contributed by atoms with Crippen LogP contribution in [0.25, 0.3) is 0 Å². The van der Waals surface area contributed by atoms with Gasteiger partial charge in [-0.3, -0.25) is 9.69 Å². The summed E-state index contributed by atoms with van der Waals surface area (Å²) in [5.74, 6) is -2.09. The molecule has 1 aliphatic rings. The minimum Gasteiger partial charge on any atom is -0.444 e. The lowest BCUT2D eigenvalue weighted by Gasteiger charge is -2.35. The molecule has 8 heteroatoms. The molecule has 2 amide bonds. The molecule has 1 aromatic carbocycles. The summed E-state index contributed by atoms with van der Waals surface area (Å²) in [6, 6.07) is 2.72.